The van der Waals surface area contributed by atoms with E-state index in [1.54, 1.807) is 24.0 Å². The minimum Gasteiger partial charge on any atom is -0.326 e. The summed E-state index contributed by atoms with van der Waals surface area (Å²) < 4.78 is 39.1. The van der Waals surface area contributed by atoms with Gasteiger partial charge in [0.1, 0.15) is 5.82 Å². The van der Waals surface area contributed by atoms with Crippen LogP contribution in [0.25, 0.3) is 0 Å². The van der Waals surface area contributed by atoms with Crippen LogP contribution in [0.15, 0.2) is 41.3 Å². The maximum atomic E-state index is 13.2. The Labute approximate surface area is 169 Å². The second-order valence-corrected chi connectivity index (χ2v) is 9.64. The monoisotopic (exact) mass is 418 g/mol. The van der Waals surface area contributed by atoms with Crippen molar-refractivity contribution in [2.24, 2.45) is 0 Å². The average Bonchev–Trinajstić information content (AvgIpc) is 3.07. The van der Waals surface area contributed by atoms with Crippen molar-refractivity contribution in [1.29, 1.82) is 0 Å². The molecule has 0 saturated heterocycles. The maximum Gasteiger partial charge on any atom is 0.225 e. The smallest absolute Gasteiger partial charge is 0.225 e. The highest BCUT2D eigenvalue weighted by atomic mass is 32.2. The van der Waals surface area contributed by atoms with Gasteiger partial charge in [0.2, 0.25) is 11.8 Å². The van der Waals surface area contributed by atoms with Gasteiger partial charge in [-0.05, 0) is 67.8 Å². The van der Waals surface area contributed by atoms with Gasteiger partial charge in [0.25, 0.3) is 0 Å². The first-order valence-electron chi connectivity index (χ1n) is 9.30. The van der Waals surface area contributed by atoms with Gasteiger partial charge in [-0.2, -0.15) is 0 Å². The number of halogens is 1. The van der Waals surface area contributed by atoms with E-state index in [1.807, 2.05) is 0 Å². The summed E-state index contributed by atoms with van der Waals surface area (Å²) in [6, 6.07) is 8.69. The van der Waals surface area contributed by atoms with Crippen molar-refractivity contribution in [2.45, 2.75) is 43.8 Å². The number of nitrogens with zero attached hydrogens (tertiary/aromatic N) is 1. The molecule has 1 atom stereocenters. The Kier molecular flexibility index (Phi) is 5.75. The largest absolute Gasteiger partial charge is 0.326 e. The molecular formula is C21H23FN2O4S. The highest BCUT2D eigenvalue weighted by Crippen LogP contribution is 2.31. The zero-order chi connectivity index (χ0) is 21.3. The number of aryl methyl sites for hydroxylation is 1. The van der Waals surface area contributed by atoms with Crippen LogP contribution < -0.4 is 10.2 Å². The van der Waals surface area contributed by atoms with Gasteiger partial charge in [-0.25, -0.2) is 12.8 Å². The Balaban J connectivity index is 1.74. The highest BCUT2D eigenvalue weighted by Gasteiger charge is 2.29. The van der Waals surface area contributed by atoms with Crippen molar-refractivity contribution >= 4 is 33.0 Å². The first-order valence-corrected chi connectivity index (χ1v) is 10.8. The summed E-state index contributed by atoms with van der Waals surface area (Å²) in [5.74, 6) is -0.948. The molecule has 0 fully saturated rings. The summed E-state index contributed by atoms with van der Waals surface area (Å²) in [5.41, 5.74) is 2.54. The van der Waals surface area contributed by atoms with Gasteiger partial charge < -0.3 is 10.2 Å². The van der Waals surface area contributed by atoms with Crippen LogP contribution in [0.4, 0.5) is 15.8 Å². The van der Waals surface area contributed by atoms with Gasteiger partial charge in [0.15, 0.2) is 9.84 Å². The third kappa shape index (κ3) is 4.32. The lowest BCUT2D eigenvalue weighted by Gasteiger charge is -2.17. The lowest BCUT2D eigenvalue weighted by atomic mass is 10.2. The van der Waals surface area contributed by atoms with E-state index in [0.717, 1.165) is 11.3 Å². The molecule has 154 valence electrons. The molecule has 2 aromatic carbocycles. The van der Waals surface area contributed by atoms with Crippen LogP contribution in [0, 0.1) is 12.7 Å². The van der Waals surface area contributed by atoms with Crippen LogP contribution in [-0.4, -0.2) is 32.0 Å². The van der Waals surface area contributed by atoms with Crippen LogP contribution in [0.3, 0.4) is 0 Å². The maximum absolute atomic E-state index is 13.2. The van der Waals surface area contributed by atoms with Crippen molar-refractivity contribution in [2.75, 3.05) is 16.8 Å². The molecule has 0 unspecified atom stereocenters. The van der Waals surface area contributed by atoms with Gasteiger partial charge in [0.05, 0.1) is 10.1 Å². The number of carbonyl (C=O) groups is 2. The Morgan fingerprint density at radius 1 is 1.21 bits per heavy atom. The Morgan fingerprint density at radius 2 is 1.93 bits per heavy atom. The van der Waals surface area contributed by atoms with Crippen LogP contribution in [0.5, 0.6) is 0 Å². The molecule has 0 radical (unpaired) electrons. The molecule has 0 spiro atoms. The number of nitrogens with one attached hydrogen (secondary N) is 1. The molecule has 0 aliphatic carbocycles. The molecule has 2 amide bonds. The van der Waals surface area contributed by atoms with Gasteiger partial charge in [0, 0.05) is 31.3 Å². The van der Waals surface area contributed by atoms with E-state index in [-0.39, 0.29) is 17.2 Å². The molecule has 0 aromatic heterocycles. The minimum absolute atomic E-state index is 0.0829. The van der Waals surface area contributed by atoms with E-state index in [4.69, 9.17) is 0 Å². The van der Waals surface area contributed by atoms with Gasteiger partial charge in [-0.3, -0.25) is 9.59 Å². The molecule has 0 saturated carbocycles. The van der Waals surface area contributed by atoms with Crippen molar-refractivity contribution in [1.82, 2.24) is 0 Å². The number of anilines is 2. The first kappa shape index (κ1) is 21.0. The average molecular weight is 418 g/mol. The Bertz CT molecular complexity index is 1080. The topological polar surface area (TPSA) is 83.6 Å². The van der Waals surface area contributed by atoms with Crippen LogP contribution in [-0.2, 0) is 25.8 Å². The number of rotatable bonds is 5. The third-order valence-electron chi connectivity index (χ3n) is 5.12. The summed E-state index contributed by atoms with van der Waals surface area (Å²) in [6.45, 7) is 5.15. The predicted octanol–water partition coefficient (Wildman–Crippen LogP) is 3.23. The Hall–Kier alpha value is -2.74. The van der Waals surface area contributed by atoms with E-state index in [0.29, 0.717) is 24.2 Å². The van der Waals surface area contributed by atoms with Gasteiger partial charge in [-0.15, -0.1) is 0 Å². The van der Waals surface area contributed by atoms with E-state index in [2.05, 4.69) is 5.32 Å². The number of amides is 2. The molecule has 6 nitrogen and oxygen atoms in total. The van der Waals surface area contributed by atoms with Crippen molar-refractivity contribution in [3.63, 3.8) is 0 Å². The zero-order valence-electron chi connectivity index (χ0n) is 16.5. The fraction of sp³-hybridized carbons (Fsp3) is 0.333. The van der Waals surface area contributed by atoms with E-state index in [1.165, 1.54) is 38.1 Å². The minimum atomic E-state index is -3.73. The standard InChI is InChI=1S/C21H23FN2O4S/c1-13-10-17(22)4-6-19(13)23-21(26)11-14(2)29(27,28)18-5-7-20-16(12-18)8-9-24(20)15(3)25/h4-7,10,12,14H,8-9,11H2,1-3H3,(H,23,26)/t14-/m1/s1. The Morgan fingerprint density at radius 3 is 2.59 bits per heavy atom. The fourth-order valence-electron chi connectivity index (χ4n) is 3.45. The molecule has 1 aliphatic heterocycles. The van der Waals surface area contributed by atoms with Crippen molar-refractivity contribution in [3.05, 3.63) is 53.3 Å². The summed E-state index contributed by atoms with van der Waals surface area (Å²) in [4.78, 5) is 25.7. The molecule has 29 heavy (non-hydrogen) atoms. The third-order valence-corrected chi connectivity index (χ3v) is 7.26. The SMILES string of the molecule is CC(=O)N1CCc2cc(S(=O)(=O)[C@H](C)CC(=O)Nc3ccc(F)cc3C)ccc21. The second-order valence-electron chi connectivity index (χ2n) is 7.28. The van der Waals surface area contributed by atoms with Crippen LogP contribution >= 0.6 is 0 Å². The molecule has 3 rings (SSSR count). The molecule has 1 aliphatic rings. The fourth-order valence-corrected chi connectivity index (χ4v) is 4.85. The van der Waals surface area contributed by atoms with E-state index < -0.39 is 26.8 Å². The normalized spacial score (nSPS) is 14.4. The van der Waals surface area contributed by atoms with Crippen LogP contribution in [0.1, 0.15) is 31.4 Å². The number of benzene rings is 2. The predicted molar refractivity (Wildman–Crippen MR) is 109 cm³/mol. The van der Waals surface area contributed by atoms with Gasteiger partial charge >= 0.3 is 0 Å². The number of hydrogen-bond acceptors (Lipinski definition) is 4. The number of fused-ring (bicyclic) bond motifs is 1. The van der Waals surface area contributed by atoms with Crippen LogP contribution in [0.2, 0.25) is 0 Å². The van der Waals surface area contributed by atoms with Gasteiger partial charge in [-0.1, -0.05) is 0 Å². The number of sulfone groups is 1. The molecule has 1 N–H and O–H groups in total. The lowest BCUT2D eigenvalue weighted by molar-refractivity contribution is -0.117. The number of hydrogen-bond donors (Lipinski definition) is 1. The lowest BCUT2D eigenvalue weighted by Crippen LogP contribution is -2.26. The number of carbonyl (C=O) groups excluding carboxylic acids is 2. The van der Waals surface area contributed by atoms with Crippen molar-refractivity contribution in [3.8, 4) is 0 Å². The van der Waals surface area contributed by atoms with E-state index >= 15 is 0 Å². The summed E-state index contributed by atoms with van der Waals surface area (Å²) in [6.07, 6.45) is 0.368. The molecule has 1 heterocycles. The summed E-state index contributed by atoms with van der Waals surface area (Å²) >= 11 is 0. The summed E-state index contributed by atoms with van der Waals surface area (Å²) in [7, 11) is -3.73. The first-order chi connectivity index (χ1) is 13.6. The van der Waals surface area contributed by atoms with E-state index in [9.17, 15) is 22.4 Å². The second kappa shape index (κ2) is 7.94. The zero-order valence-corrected chi connectivity index (χ0v) is 17.3. The molecule has 0 bridgehead atoms. The highest BCUT2D eigenvalue weighted by molar-refractivity contribution is 7.92. The molecule has 8 heteroatoms. The quantitative estimate of drug-likeness (QED) is 0.808. The molecular weight excluding hydrogens is 395 g/mol. The van der Waals surface area contributed by atoms with Crippen molar-refractivity contribution < 1.29 is 22.4 Å². The summed E-state index contributed by atoms with van der Waals surface area (Å²) in [5, 5.41) is 1.70. The molecule has 2 aromatic rings.